The van der Waals surface area contributed by atoms with Crippen molar-refractivity contribution in [3.05, 3.63) is 69.7 Å². The lowest BCUT2D eigenvalue weighted by Gasteiger charge is -2.31. The van der Waals surface area contributed by atoms with Gasteiger partial charge in [0.15, 0.2) is 0 Å². The Hall–Kier alpha value is -1.69. The Kier molecular flexibility index (Phi) is 10.7. The Morgan fingerprint density at radius 3 is 2.10 bits per heavy atom. The minimum absolute atomic E-state index is 0.0495. The number of hydrogen-bond acceptors (Lipinski definition) is 3. The van der Waals surface area contributed by atoms with E-state index in [2.05, 4.69) is 5.32 Å². The molecule has 31 heavy (non-hydrogen) atoms. The van der Waals surface area contributed by atoms with Crippen molar-refractivity contribution in [3.63, 3.8) is 0 Å². The summed E-state index contributed by atoms with van der Waals surface area (Å²) in [6.07, 6.45) is 1.35. The first kappa shape index (κ1) is 25.6. The molecule has 0 bridgehead atoms. The lowest BCUT2D eigenvalue weighted by molar-refractivity contribution is -0.139. The molecular weight excluding hydrogens is 451 g/mol. The van der Waals surface area contributed by atoms with Gasteiger partial charge in [0, 0.05) is 28.4 Å². The maximum Gasteiger partial charge on any atom is 0.243 e. The summed E-state index contributed by atoms with van der Waals surface area (Å²) in [6, 6.07) is 14.5. The SMILES string of the molecule is CC[C@@H](C)NC(=O)[C@H](CC)N(Cc1ccccc1Cl)C(=O)CSCc1ccccc1Cl. The van der Waals surface area contributed by atoms with Gasteiger partial charge in [-0.3, -0.25) is 9.59 Å². The zero-order valence-corrected chi connectivity index (χ0v) is 20.6. The summed E-state index contributed by atoms with van der Waals surface area (Å²) in [5.74, 6) is 0.653. The van der Waals surface area contributed by atoms with Gasteiger partial charge in [-0.1, -0.05) is 73.4 Å². The molecule has 168 valence electrons. The average Bonchev–Trinajstić information content (AvgIpc) is 2.76. The van der Waals surface area contributed by atoms with Crippen molar-refractivity contribution in [2.24, 2.45) is 0 Å². The van der Waals surface area contributed by atoms with Gasteiger partial charge in [0.05, 0.1) is 5.75 Å². The van der Waals surface area contributed by atoms with E-state index in [1.807, 2.05) is 63.2 Å². The van der Waals surface area contributed by atoms with Gasteiger partial charge in [-0.05, 0) is 43.0 Å². The van der Waals surface area contributed by atoms with E-state index in [1.165, 1.54) is 11.8 Å². The van der Waals surface area contributed by atoms with Crippen molar-refractivity contribution in [1.82, 2.24) is 10.2 Å². The van der Waals surface area contributed by atoms with E-state index in [4.69, 9.17) is 23.2 Å². The van der Waals surface area contributed by atoms with E-state index in [0.29, 0.717) is 22.2 Å². The Balaban J connectivity index is 2.16. The minimum atomic E-state index is -0.557. The first-order valence-corrected chi connectivity index (χ1v) is 12.4. The van der Waals surface area contributed by atoms with Crippen LogP contribution in [-0.4, -0.2) is 34.6 Å². The number of rotatable bonds is 11. The molecule has 0 aliphatic rings. The van der Waals surface area contributed by atoms with Crippen LogP contribution in [0.1, 0.15) is 44.7 Å². The lowest BCUT2D eigenvalue weighted by Crippen LogP contribution is -2.51. The number of carbonyl (C=O) groups is 2. The summed E-state index contributed by atoms with van der Waals surface area (Å²) in [5, 5.41) is 4.29. The molecule has 2 rings (SSSR count). The summed E-state index contributed by atoms with van der Waals surface area (Å²) in [5.41, 5.74) is 1.81. The molecule has 0 saturated carbocycles. The number of nitrogens with zero attached hydrogens (tertiary/aromatic N) is 1. The number of halogens is 2. The maximum absolute atomic E-state index is 13.2. The van der Waals surface area contributed by atoms with E-state index in [0.717, 1.165) is 17.5 Å². The highest BCUT2D eigenvalue weighted by Crippen LogP contribution is 2.23. The third-order valence-corrected chi connectivity index (χ3v) is 6.83. The minimum Gasteiger partial charge on any atom is -0.352 e. The van der Waals surface area contributed by atoms with Gasteiger partial charge in [-0.15, -0.1) is 11.8 Å². The largest absolute Gasteiger partial charge is 0.352 e. The summed E-state index contributed by atoms with van der Waals surface area (Å²) in [7, 11) is 0. The van der Waals surface area contributed by atoms with Gasteiger partial charge < -0.3 is 10.2 Å². The number of nitrogens with one attached hydrogen (secondary N) is 1. The number of thioether (sulfide) groups is 1. The van der Waals surface area contributed by atoms with Gasteiger partial charge in [0.25, 0.3) is 0 Å². The van der Waals surface area contributed by atoms with Crippen molar-refractivity contribution in [3.8, 4) is 0 Å². The Morgan fingerprint density at radius 2 is 1.55 bits per heavy atom. The van der Waals surface area contributed by atoms with Gasteiger partial charge in [-0.25, -0.2) is 0 Å². The molecule has 0 saturated heterocycles. The smallest absolute Gasteiger partial charge is 0.243 e. The fourth-order valence-electron chi connectivity index (χ4n) is 3.12. The van der Waals surface area contributed by atoms with Crippen LogP contribution >= 0.6 is 35.0 Å². The molecule has 2 atom stereocenters. The highest BCUT2D eigenvalue weighted by Gasteiger charge is 2.29. The topological polar surface area (TPSA) is 49.4 Å². The van der Waals surface area contributed by atoms with Crippen LogP contribution < -0.4 is 5.32 Å². The molecule has 0 aliphatic heterocycles. The molecule has 0 heterocycles. The second-order valence-electron chi connectivity index (χ2n) is 7.44. The van der Waals surface area contributed by atoms with E-state index in [1.54, 1.807) is 11.0 Å². The molecule has 0 fully saturated rings. The number of benzene rings is 2. The highest BCUT2D eigenvalue weighted by molar-refractivity contribution is 7.99. The van der Waals surface area contributed by atoms with Crippen LogP contribution in [0.5, 0.6) is 0 Å². The molecule has 0 radical (unpaired) electrons. The fraction of sp³-hybridized carbons (Fsp3) is 0.417. The predicted molar refractivity (Wildman–Crippen MR) is 132 cm³/mol. The normalized spacial score (nSPS) is 12.8. The lowest BCUT2D eigenvalue weighted by atomic mass is 10.1. The Labute approximate surface area is 199 Å². The maximum atomic E-state index is 13.2. The molecule has 2 amide bonds. The van der Waals surface area contributed by atoms with E-state index in [9.17, 15) is 9.59 Å². The number of hydrogen-bond donors (Lipinski definition) is 1. The third-order valence-electron chi connectivity index (χ3n) is 5.13. The standard InChI is InChI=1S/C24H30Cl2N2O2S/c1-4-17(3)27-24(30)22(5-2)28(14-18-10-6-8-12-20(18)25)23(29)16-31-15-19-11-7-9-13-21(19)26/h6-13,17,22H,4-5,14-16H2,1-3H3,(H,27,30)/t17-,22+/m1/s1. The van der Waals surface area contributed by atoms with Gasteiger partial charge >= 0.3 is 0 Å². The molecule has 2 aromatic rings. The molecule has 0 unspecified atom stereocenters. The number of carbonyl (C=O) groups excluding carboxylic acids is 2. The highest BCUT2D eigenvalue weighted by atomic mass is 35.5. The Morgan fingerprint density at radius 1 is 0.968 bits per heavy atom. The quantitative estimate of drug-likeness (QED) is 0.432. The second kappa shape index (κ2) is 13.0. The Bertz CT molecular complexity index is 878. The van der Waals surface area contributed by atoms with Gasteiger partial charge in [0.1, 0.15) is 6.04 Å². The molecule has 0 aliphatic carbocycles. The first-order chi connectivity index (χ1) is 14.9. The van der Waals surface area contributed by atoms with Crippen molar-refractivity contribution in [2.75, 3.05) is 5.75 Å². The molecule has 4 nitrogen and oxygen atoms in total. The van der Waals surface area contributed by atoms with Gasteiger partial charge in [-0.2, -0.15) is 0 Å². The van der Waals surface area contributed by atoms with Crippen LogP contribution in [0.15, 0.2) is 48.5 Å². The summed E-state index contributed by atoms with van der Waals surface area (Å²) < 4.78 is 0. The molecule has 1 N–H and O–H groups in total. The van der Waals surface area contributed by atoms with Crippen LogP contribution in [0, 0.1) is 0 Å². The van der Waals surface area contributed by atoms with Crippen LogP contribution in [0.4, 0.5) is 0 Å². The van der Waals surface area contributed by atoms with Crippen molar-refractivity contribution in [2.45, 2.75) is 58.0 Å². The van der Waals surface area contributed by atoms with Gasteiger partial charge in [0.2, 0.25) is 11.8 Å². The summed E-state index contributed by atoms with van der Waals surface area (Å²) in [6.45, 7) is 6.19. The van der Waals surface area contributed by atoms with Crippen LogP contribution in [0.2, 0.25) is 10.0 Å². The molecular formula is C24H30Cl2N2O2S. The summed E-state index contributed by atoms with van der Waals surface area (Å²) >= 11 is 14.1. The fourth-order valence-corrected chi connectivity index (χ4v) is 4.51. The zero-order valence-electron chi connectivity index (χ0n) is 18.2. The average molecular weight is 481 g/mol. The van der Waals surface area contributed by atoms with Crippen LogP contribution in [0.3, 0.4) is 0 Å². The van der Waals surface area contributed by atoms with Crippen LogP contribution in [-0.2, 0) is 21.9 Å². The van der Waals surface area contributed by atoms with E-state index >= 15 is 0 Å². The second-order valence-corrected chi connectivity index (χ2v) is 9.24. The molecule has 0 spiro atoms. The van der Waals surface area contributed by atoms with Crippen molar-refractivity contribution >= 4 is 46.8 Å². The summed E-state index contributed by atoms with van der Waals surface area (Å²) in [4.78, 5) is 27.8. The van der Waals surface area contributed by atoms with Crippen LogP contribution in [0.25, 0.3) is 0 Å². The zero-order chi connectivity index (χ0) is 22.8. The van der Waals surface area contributed by atoms with Crippen molar-refractivity contribution < 1.29 is 9.59 Å². The van der Waals surface area contributed by atoms with E-state index in [-0.39, 0.29) is 30.2 Å². The molecule has 2 aromatic carbocycles. The molecule has 0 aromatic heterocycles. The number of amides is 2. The first-order valence-electron chi connectivity index (χ1n) is 10.5. The molecule has 7 heteroatoms. The van der Waals surface area contributed by atoms with E-state index < -0.39 is 6.04 Å². The predicted octanol–water partition coefficient (Wildman–Crippen LogP) is 5.95. The monoisotopic (exact) mass is 480 g/mol. The third kappa shape index (κ3) is 7.74. The van der Waals surface area contributed by atoms with Crippen molar-refractivity contribution in [1.29, 1.82) is 0 Å².